The number of aromatic nitrogens is 2. The van der Waals surface area contributed by atoms with Crippen LogP contribution in [-0.2, 0) is 11.3 Å². The van der Waals surface area contributed by atoms with Gasteiger partial charge in [-0.25, -0.2) is 9.59 Å². The summed E-state index contributed by atoms with van der Waals surface area (Å²) >= 11 is 0. The molecule has 2 aromatic carbocycles. The van der Waals surface area contributed by atoms with Gasteiger partial charge in [0, 0.05) is 11.3 Å². The molecule has 0 radical (unpaired) electrons. The van der Waals surface area contributed by atoms with E-state index in [0.717, 1.165) is 5.56 Å². The molecule has 0 spiro atoms. The Bertz CT molecular complexity index is 1050. The van der Waals surface area contributed by atoms with Crippen LogP contribution in [0.2, 0.25) is 0 Å². The van der Waals surface area contributed by atoms with Crippen molar-refractivity contribution in [1.82, 2.24) is 9.97 Å². The zero-order valence-electron chi connectivity index (χ0n) is 12.8. The minimum absolute atomic E-state index is 0.140. The Morgan fingerprint density at radius 3 is 2.67 bits per heavy atom. The summed E-state index contributed by atoms with van der Waals surface area (Å²) in [7, 11) is 1.32. The maximum Gasteiger partial charge on any atom is 0.337 e. The summed E-state index contributed by atoms with van der Waals surface area (Å²) in [6.45, 7) is 0.360. The van der Waals surface area contributed by atoms with Crippen molar-refractivity contribution in [3.63, 3.8) is 0 Å². The summed E-state index contributed by atoms with van der Waals surface area (Å²) in [5.41, 5.74) is 3.45. The van der Waals surface area contributed by atoms with Crippen molar-refractivity contribution in [1.29, 1.82) is 0 Å². The Morgan fingerprint density at radius 1 is 1.08 bits per heavy atom. The molecule has 24 heavy (non-hydrogen) atoms. The van der Waals surface area contributed by atoms with Crippen LogP contribution in [0.5, 0.6) is 0 Å². The van der Waals surface area contributed by atoms with Crippen molar-refractivity contribution < 1.29 is 14.3 Å². The molecule has 1 aromatic heterocycles. The van der Waals surface area contributed by atoms with Gasteiger partial charge in [-0.2, -0.15) is 0 Å². The smallest absolute Gasteiger partial charge is 0.337 e. The lowest BCUT2D eigenvalue weighted by atomic mass is 10.1. The number of carbonyl (C=O) groups is 2. The van der Waals surface area contributed by atoms with Crippen molar-refractivity contribution in [2.75, 3.05) is 12.0 Å². The second kappa shape index (κ2) is 5.09. The van der Waals surface area contributed by atoms with Crippen molar-refractivity contribution in [2.24, 2.45) is 0 Å². The highest BCUT2D eigenvalue weighted by molar-refractivity contribution is 6.11. The van der Waals surface area contributed by atoms with Gasteiger partial charge in [-0.15, -0.1) is 0 Å². The number of nitrogens with zero attached hydrogens (tertiary/aromatic N) is 1. The van der Waals surface area contributed by atoms with Crippen LogP contribution in [0.1, 0.15) is 26.3 Å². The third-order valence-electron chi connectivity index (χ3n) is 4.14. The molecule has 4 rings (SSSR count). The first kappa shape index (κ1) is 14.3. The fraction of sp³-hybridized carbons (Fsp3) is 0.118. The topological polar surface area (TPSA) is 95.3 Å². The van der Waals surface area contributed by atoms with Gasteiger partial charge >= 0.3 is 11.7 Å². The molecule has 1 aliphatic rings. The van der Waals surface area contributed by atoms with Gasteiger partial charge in [-0.3, -0.25) is 4.79 Å². The number of nitrogens with one attached hydrogen (secondary N) is 2. The summed E-state index contributed by atoms with van der Waals surface area (Å²) in [5, 5.41) is 0. The molecule has 0 saturated carbocycles. The van der Waals surface area contributed by atoms with E-state index in [1.807, 2.05) is 0 Å². The van der Waals surface area contributed by atoms with Gasteiger partial charge in [0.25, 0.3) is 5.91 Å². The summed E-state index contributed by atoms with van der Waals surface area (Å²) in [4.78, 5) is 42.6. The monoisotopic (exact) mass is 323 g/mol. The molecule has 7 heteroatoms. The Balaban J connectivity index is 1.73. The fourth-order valence-corrected chi connectivity index (χ4v) is 2.96. The predicted molar refractivity (Wildman–Crippen MR) is 87.2 cm³/mol. The summed E-state index contributed by atoms with van der Waals surface area (Å²) in [6.07, 6.45) is 0. The number of methoxy groups -OCH3 is 1. The minimum atomic E-state index is -0.435. The van der Waals surface area contributed by atoms with Gasteiger partial charge in [-0.05, 0) is 42.0 Å². The van der Waals surface area contributed by atoms with E-state index >= 15 is 0 Å². The molecule has 2 N–H and O–H groups in total. The number of hydrogen-bond donors (Lipinski definition) is 2. The van der Waals surface area contributed by atoms with Crippen LogP contribution in [0.25, 0.3) is 11.0 Å². The van der Waals surface area contributed by atoms with Crippen molar-refractivity contribution >= 4 is 28.6 Å². The SMILES string of the molecule is COC(=O)c1ccc2c(c1)CN(c1ccc3[nH]c(=O)[nH]c3c1)C2=O. The number of imidazole rings is 1. The highest BCUT2D eigenvalue weighted by Crippen LogP contribution is 2.30. The number of carbonyl (C=O) groups excluding carboxylic acids is 2. The first-order valence-corrected chi connectivity index (χ1v) is 7.32. The normalized spacial score (nSPS) is 13.4. The van der Waals surface area contributed by atoms with Gasteiger partial charge in [-0.1, -0.05) is 0 Å². The van der Waals surface area contributed by atoms with Gasteiger partial charge < -0.3 is 19.6 Å². The van der Waals surface area contributed by atoms with Crippen molar-refractivity contribution in [3.8, 4) is 0 Å². The first-order chi connectivity index (χ1) is 11.6. The molecular weight excluding hydrogens is 310 g/mol. The van der Waals surface area contributed by atoms with Gasteiger partial charge in [0.05, 0.1) is 30.3 Å². The Morgan fingerprint density at radius 2 is 1.88 bits per heavy atom. The zero-order valence-corrected chi connectivity index (χ0v) is 12.8. The van der Waals surface area contributed by atoms with Crippen LogP contribution in [-0.4, -0.2) is 29.0 Å². The Kier molecular flexibility index (Phi) is 3.02. The molecule has 1 amide bonds. The Hall–Kier alpha value is -3.35. The first-order valence-electron chi connectivity index (χ1n) is 7.32. The van der Waals surface area contributed by atoms with Crippen LogP contribution in [0.4, 0.5) is 5.69 Å². The number of anilines is 1. The number of benzene rings is 2. The van der Waals surface area contributed by atoms with Crippen LogP contribution in [0, 0.1) is 0 Å². The fourth-order valence-electron chi connectivity index (χ4n) is 2.96. The number of esters is 1. The highest BCUT2D eigenvalue weighted by Gasteiger charge is 2.29. The number of rotatable bonds is 2. The molecule has 0 unspecified atom stereocenters. The molecule has 0 bridgehead atoms. The number of H-pyrrole nitrogens is 2. The van der Waals surface area contributed by atoms with Crippen molar-refractivity contribution in [3.05, 3.63) is 63.6 Å². The van der Waals surface area contributed by atoms with Crippen LogP contribution < -0.4 is 10.6 Å². The molecule has 2 heterocycles. The lowest BCUT2D eigenvalue weighted by molar-refractivity contribution is 0.0600. The zero-order chi connectivity index (χ0) is 16.8. The van der Waals surface area contributed by atoms with E-state index < -0.39 is 5.97 Å². The van der Waals surface area contributed by atoms with E-state index in [0.29, 0.717) is 34.4 Å². The van der Waals surface area contributed by atoms with E-state index in [4.69, 9.17) is 4.74 Å². The van der Waals surface area contributed by atoms with Crippen LogP contribution in [0.15, 0.2) is 41.2 Å². The van der Waals surface area contributed by atoms with E-state index in [1.165, 1.54) is 7.11 Å². The maximum atomic E-state index is 12.6. The van der Waals surface area contributed by atoms with Gasteiger partial charge in [0.1, 0.15) is 0 Å². The molecule has 120 valence electrons. The number of amides is 1. The predicted octanol–water partition coefficient (Wildman–Crippen LogP) is 1.80. The molecule has 0 fully saturated rings. The maximum absolute atomic E-state index is 12.6. The van der Waals surface area contributed by atoms with Gasteiger partial charge in [0.15, 0.2) is 0 Å². The molecule has 0 aliphatic carbocycles. The number of ether oxygens (including phenoxy) is 1. The molecule has 0 saturated heterocycles. The summed E-state index contributed by atoms with van der Waals surface area (Å²) < 4.78 is 4.71. The van der Waals surface area contributed by atoms with Gasteiger partial charge in [0.2, 0.25) is 0 Å². The summed E-state index contributed by atoms with van der Waals surface area (Å²) in [5.74, 6) is -0.575. The highest BCUT2D eigenvalue weighted by atomic mass is 16.5. The summed E-state index contributed by atoms with van der Waals surface area (Å²) in [6, 6.07) is 10.2. The second-order valence-corrected chi connectivity index (χ2v) is 5.56. The van der Waals surface area contributed by atoms with E-state index in [9.17, 15) is 14.4 Å². The van der Waals surface area contributed by atoms with E-state index in [-0.39, 0.29) is 11.6 Å². The number of hydrogen-bond acceptors (Lipinski definition) is 4. The molecular formula is C17H13N3O4. The van der Waals surface area contributed by atoms with Crippen LogP contribution >= 0.6 is 0 Å². The third kappa shape index (κ3) is 2.10. The van der Waals surface area contributed by atoms with E-state index in [2.05, 4.69) is 9.97 Å². The quantitative estimate of drug-likeness (QED) is 0.703. The average Bonchev–Trinajstić information content (AvgIpc) is 3.12. The molecule has 1 aliphatic heterocycles. The van der Waals surface area contributed by atoms with E-state index in [1.54, 1.807) is 41.3 Å². The molecule has 3 aromatic rings. The lowest BCUT2D eigenvalue weighted by Crippen LogP contribution is -2.22. The Labute approximate surface area is 135 Å². The largest absolute Gasteiger partial charge is 0.465 e. The molecule has 0 atom stereocenters. The average molecular weight is 323 g/mol. The van der Waals surface area contributed by atoms with Crippen LogP contribution in [0.3, 0.4) is 0 Å². The minimum Gasteiger partial charge on any atom is -0.465 e. The number of aromatic amines is 2. The number of fused-ring (bicyclic) bond motifs is 2. The third-order valence-corrected chi connectivity index (χ3v) is 4.14. The standard InChI is InChI=1S/C17H13N3O4/c1-24-16(22)9-2-4-12-10(6-9)8-20(15(12)21)11-3-5-13-14(7-11)19-17(23)18-13/h2-7H,8H2,1H3,(H2,18,19,23). The van der Waals surface area contributed by atoms with Crippen molar-refractivity contribution in [2.45, 2.75) is 6.54 Å². The second-order valence-electron chi connectivity index (χ2n) is 5.56. The lowest BCUT2D eigenvalue weighted by Gasteiger charge is -2.15. The molecule has 7 nitrogen and oxygen atoms in total.